The van der Waals surface area contributed by atoms with Crippen LogP contribution in [0.25, 0.3) is 11.0 Å². The molecule has 0 aliphatic heterocycles. The van der Waals surface area contributed by atoms with Crippen molar-refractivity contribution in [2.24, 2.45) is 0 Å². The van der Waals surface area contributed by atoms with Gasteiger partial charge in [-0.3, -0.25) is 4.79 Å². The quantitative estimate of drug-likeness (QED) is 0.798. The molecule has 0 fully saturated rings. The first kappa shape index (κ1) is 13.9. The molecule has 2 aromatic rings. The number of aromatic nitrogens is 2. The highest BCUT2D eigenvalue weighted by Crippen LogP contribution is 2.18. The van der Waals surface area contributed by atoms with Crippen LogP contribution < -0.4 is 5.32 Å². The highest BCUT2D eigenvalue weighted by Gasteiger charge is 2.09. The lowest BCUT2D eigenvalue weighted by Crippen LogP contribution is -2.33. The normalized spacial score (nSPS) is 12.5. The van der Waals surface area contributed by atoms with Gasteiger partial charge in [0.15, 0.2) is 5.16 Å². The minimum Gasteiger partial charge on any atom is -0.353 e. The molecule has 1 atom stereocenters. The zero-order chi connectivity index (χ0) is 13.7. The van der Waals surface area contributed by atoms with E-state index in [0.717, 1.165) is 29.0 Å². The smallest absolute Gasteiger partial charge is 0.230 e. The fourth-order valence-corrected chi connectivity index (χ4v) is 2.65. The van der Waals surface area contributed by atoms with E-state index in [1.54, 1.807) is 0 Å². The molecule has 0 radical (unpaired) electrons. The van der Waals surface area contributed by atoms with Gasteiger partial charge in [0.25, 0.3) is 0 Å². The van der Waals surface area contributed by atoms with E-state index >= 15 is 0 Å². The second kappa shape index (κ2) is 6.61. The molecule has 2 rings (SSSR count). The summed E-state index contributed by atoms with van der Waals surface area (Å²) in [5.74, 6) is 0.458. The molecule has 0 aliphatic carbocycles. The van der Waals surface area contributed by atoms with Crippen LogP contribution in [0.5, 0.6) is 0 Å². The van der Waals surface area contributed by atoms with Crippen LogP contribution in [0.15, 0.2) is 29.4 Å². The van der Waals surface area contributed by atoms with Gasteiger partial charge in [0, 0.05) is 6.04 Å². The summed E-state index contributed by atoms with van der Waals surface area (Å²) in [6.45, 7) is 4.15. The number of imidazole rings is 1. The first-order valence-electron chi connectivity index (χ1n) is 6.56. The molecule has 4 nitrogen and oxygen atoms in total. The molecule has 1 aromatic carbocycles. The topological polar surface area (TPSA) is 57.8 Å². The summed E-state index contributed by atoms with van der Waals surface area (Å²) >= 11 is 1.44. The van der Waals surface area contributed by atoms with E-state index < -0.39 is 0 Å². The lowest BCUT2D eigenvalue weighted by Gasteiger charge is -2.11. The average molecular weight is 277 g/mol. The number of hydrogen-bond donors (Lipinski definition) is 2. The molecular weight excluding hydrogens is 258 g/mol. The zero-order valence-electron chi connectivity index (χ0n) is 11.3. The van der Waals surface area contributed by atoms with Crippen molar-refractivity contribution in [2.75, 3.05) is 5.75 Å². The molecule has 0 bridgehead atoms. The number of carbonyl (C=O) groups excluding carboxylic acids is 1. The Labute approximate surface area is 117 Å². The lowest BCUT2D eigenvalue weighted by atomic mass is 10.2. The number of H-pyrrole nitrogens is 1. The van der Waals surface area contributed by atoms with Crippen LogP contribution >= 0.6 is 11.8 Å². The number of rotatable bonds is 6. The fourth-order valence-electron chi connectivity index (χ4n) is 1.95. The van der Waals surface area contributed by atoms with Crippen molar-refractivity contribution in [2.45, 2.75) is 37.9 Å². The zero-order valence-corrected chi connectivity index (χ0v) is 12.1. The van der Waals surface area contributed by atoms with Gasteiger partial charge in [-0.25, -0.2) is 4.98 Å². The molecule has 0 saturated heterocycles. The Morgan fingerprint density at radius 2 is 2.26 bits per heavy atom. The molecule has 0 spiro atoms. The molecular formula is C14H19N3OS. The summed E-state index contributed by atoms with van der Waals surface area (Å²) < 4.78 is 0. The number of hydrogen-bond acceptors (Lipinski definition) is 3. The average Bonchev–Trinajstić information content (AvgIpc) is 2.79. The van der Waals surface area contributed by atoms with E-state index in [1.807, 2.05) is 31.2 Å². The third-order valence-corrected chi connectivity index (χ3v) is 3.71. The van der Waals surface area contributed by atoms with Crippen molar-refractivity contribution in [3.05, 3.63) is 24.3 Å². The third kappa shape index (κ3) is 3.99. The molecule has 5 heteroatoms. The Kier molecular flexibility index (Phi) is 4.85. The maximum absolute atomic E-state index is 11.7. The molecule has 102 valence electrons. The predicted octanol–water partition coefficient (Wildman–Crippen LogP) is 2.96. The van der Waals surface area contributed by atoms with Crippen LogP contribution in [0, 0.1) is 0 Å². The van der Waals surface area contributed by atoms with E-state index in [4.69, 9.17) is 0 Å². The van der Waals surface area contributed by atoms with Gasteiger partial charge in [-0.15, -0.1) is 0 Å². The monoisotopic (exact) mass is 277 g/mol. The second-order valence-electron chi connectivity index (χ2n) is 4.61. The number of benzene rings is 1. The number of fused-ring (bicyclic) bond motifs is 1. The van der Waals surface area contributed by atoms with Crippen LogP contribution in [-0.2, 0) is 4.79 Å². The molecule has 1 heterocycles. The SMILES string of the molecule is CCCC(C)NC(=O)CSc1nc2ccccc2[nH]1. The van der Waals surface area contributed by atoms with Crippen LogP contribution in [-0.4, -0.2) is 27.7 Å². The molecule has 2 N–H and O–H groups in total. The number of nitrogens with zero attached hydrogens (tertiary/aromatic N) is 1. The third-order valence-electron chi connectivity index (χ3n) is 2.84. The maximum Gasteiger partial charge on any atom is 0.230 e. The molecule has 1 unspecified atom stereocenters. The number of amides is 1. The summed E-state index contributed by atoms with van der Waals surface area (Å²) in [6, 6.07) is 8.11. The largest absolute Gasteiger partial charge is 0.353 e. The summed E-state index contributed by atoms with van der Waals surface area (Å²) in [4.78, 5) is 19.4. The molecule has 0 aliphatic rings. The van der Waals surface area contributed by atoms with Gasteiger partial charge >= 0.3 is 0 Å². The van der Waals surface area contributed by atoms with Crippen LogP contribution in [0.2, 0.25) is 0 Å². The van der Waals surface area contributed by atoms with Crippen molar-refractivity contribution >= 4 is 28.7 Å². The van der Waals surface area contributed by atoms with Gasteiger partial charge < -0.3 is 10.3 Å². The van der Waals surface area contributed by atoms with Crippen LogP contribution in [0.3, 0.4) is 0 Å². The van der Waals surface area contributed by atoms with E-state index in [9.17, 15) is 4.79 Å². The number of thioether (sulfide) groups is 1. The summed E-state index contributed by atoms with van der Waals surface area (Å²) in [7, 11) is 0. The van der Waals surface area contributed by atoms with Gasteiger partial charge in [-0.1, -0.05) is 37.2 Å². The molecule has 19 heavy (non-hydrogen) atoms. The number of carbonyl (C=O) groups is 1. The number of aromatic amines is 1. The van der Waals surface area contributed by atoms with Gasteiger partial charge in [0.1, 0.15) is 0 Å². The first-order valence-corrected chi connectivity index (χ1v) is 7.54. The Bertz CT molecular complexity index is 519. The highest BCUT2D eigenvalue weighted by molar-refractivity contribution is 7.99. The molecule has 1 amide bonds. The van der Waals surface area contributed by atoms with Crippen molar-refractivity contribution in [1.29, 1.82) is 0 Å². The van der Waals surface area contributed by atoms with E-state index in [0.29, 0.717) is 5.75 Å². The minimum absolute atomic E-state index is 0.0615. The predicted molar refractivity (Wildman–Crippen MR) is 79.3 cm³/mol. The van der Waals surface area contributed by atoms with Crippen molar-refractivity contribution < 1.29 is 4.79 Å². The van der Waals surface area contributed by atoms with E-state index in [1.165, 1.54) is 11.8 Å². The fraction of sp³-hybridized carbons (Fsp3) is 0.429. The summed E-state index contributed by atoms with van der Waals surface area (Å²) in [6.07, 6.45) is 2.10. The van der Waals surface area contributed by atoms with Gasteiger partial charge in [-0.2, -0.15) is 0 Å². The maximum atomic E-state index is 11.7. The van der Waals surface area contributed by atoms with Crippen molar-refractivity contribution in [1.82, 2.24) is 15.3 Å². The van der Waals surface area contributed by atoms with Crippen LogP contribution in [0.1, 0.15) is 26.7 Å². The highest BCUT2D eigenvalue weighted by atomic mass is 32.2. The van der Waals surface area contributed by atoms with E-state index in [-0.39, 0.29) is 11.9 Å². The minimum atomic E-state index is 0.0615. The van der Waals surface area contributed by atoms with Gasteiger partial charge in [0.05, 0.1) is 16.8 Å². The first-order chi connectivity index (χ1) is 9.19. The summed E-state index contributed by atoms with van der Waals surface area (Å²) in [5.41, 5.74) is 1.94. The number of nitrogens with one attached hydrogen (secondary N) is 2. The van der Waals surface area contributed by atoms with Gasteiger partial charge in [0.2, 0.25) is 5.91 Å². The Hall–Kier alpha value is -1.49. The Balaban J connectivity index is 1.86. The number of para-hydroxylation sites is 2. The summed E-state index contributed by atoms with van der Waals surface area (Å²) in [5, 5.41) is 3.77. The van der Waals surface area contributed by atoms with Crippen molar-refractivity contribution in [3.63, 3.8) is 0 Å². The van der Waals surface area contributed by atoms with Crippen molar-refractivity contribution in [3.8, 4) is 0 Å². The van der Waals surface area contributed by atoms with Gasteiger partial charge in [-0.05, 0) is 25.5 Å². The molecule has 0 saturated carbocycles. The Morgan fingerprint density at radius 3 is 3.00 bits per heavy atom. The van der Waals surface area contributed by atoms with E-state index in [2.05, 4.69) is 22.2 Å². The lowest BCUT2D eigenvalue weighted by molar-refractivity contribution is -0.119. The Morgan fingerprint density at radius 1 is 1.47 bits per heavy atom. The molecule has 1 aromatic heterocycles. The van der Waals surface area contributed by atoms with Crippen LogP contribution in [0.4, 0.5) is 0 Å². The second-order valence-corrected chi connectivity index (χ2v) is 5.57. The standard InChI is InChI=1S/C14H19N3OS/c1-3-6-10(2)15-13(18)9-19-14-16-11-7-4-5-8-12(11)17-14/h4-5,7-8,10H,3,6,9H2,1-2H3,(H,15,18)(H,16,17).